The molecule has 2 rings (SSSR count). The number of carbonyl (C=O) groups is 1. The van der Waals surface area contributed by atoms with E-state index in [1.54, 1.807) is 12.1 Å². The summed E-state index contributed by atoms with van der Waals surface area (Å²) < 4.78 is 12.9. The highest BCUT2D eigenvalue weighted by Gasteiger charge is 2.27. The van der Waals surface area contributed by atoms with Crippen LogP contribution >= 0.6 is 0 Å². The summed E-state index contributed by atoms with van der Waals surface area (Å²) >= 11 is 0. The predicted molar refractivity (Wildman–Crippen MR) is 74.5 cm³/mol. The zero-order valence-corrected chi connectivity index (χ0v) is 11.7. The average Bonchev–Trinajstić information content (AvgIpc) is 2.87. The van der Waals surface area contributed by atoms with E-state index in [4.69, 9.17) is 0 Å². The SMILES string of the molecule is CCC1CCCN1C(=O)CC(C)c1ccc(F)cc1. The van der Waals surface area contributed by atoms with Gasteiger partial charge in [0.2, 0.25) is 5.91 Å². The molecule has 1 heterocycles. The summed E-state index contributed by atoms with van der Waals surface area (Å²) in [5, 5.41) is 0. The molecular formula is C16H22FNO. The number of rotatable bonds is 4. The van der Waals surface area contributed by atoms with Crippen LogP contribution in [0.2, 0.25) is 0 Å². The van der Waals surface area contributed by atoms with Gasteiger partial charge in [-0.2, -0.15) is 0 Å². The molecule has 0 aromatic heterocycles. The first-order valence-corrected chi connectivity index (χ1v) is 7.16. The summed E-state index contributed by atoms with van der Waals surface area (Å²) in [5.74, 6) is 0.153. The lowest BCUT2D eigenvalue weighted by atomic mass is 9.97. The first-order chi connectivity index (χ1) is 9.11. The van der Waals surface area contributed by atoms with Crippen molar-refractivity contribution in [1.82, 2.24) is 4.90 Å². The predicted octanol–water partition coefficient (Wildman–Crippen LogP) is 3.72. The van der Waals surface area contributed by atoms with Crippen molar-refractivity contribution >= 4 is 5.91 Å². The van der Waals surface area contributed by atoms with Gasteiger partial charge in [0.15, 0.2) is 0 Å². The number of nitrogens with zero attached hydrogens (tertiary/aromatic N) is 1. The molecule has 1 aromatic rings. The summed E-state index contributed by atoms with van der Waals surface area (Å²) in [6.45, 7) is 5.06. The largest absolute Gasteiger partial charge is 0.340 e. The van der Waals surface area contributed by atoms with E-state index in [1.165, 1.54) is 12.1 Å². The highest BCUT2D eigenvalue weighted by Crippen LogP contribution is 2.25. The number of hydrogen-bond donors (Lipinski definition) is 0. The minimum atomic E-state index is -0.229. The molecule has 0 saturated carbocycles. The van der Waals surface area contributed by atoms with Crippen molar-refractivity contribution in [2.45, 2.75) is 51.5 Å². The number of benzene rings is 1. The van der Waals surface area contributed by atoms with Crippen molar-refractivity contribution in [3.8, 4) is 0 Å². The minimum Gasteiger partial charge on any atom is -0.340 e. The Kier molecular flexibility index (Phi) is 4.56. The number of carbonyl (C=O) groups excluding carboxylic acids is 1. The molecule has 2 atom stereocenters. The van der Waals surface area contributed by atoms with Crippen LogP contribution in [0.3, 0.4) is 0 Å². The quantitative estimate of drug-likeness (QED) is 0.810. The monoisotopic (exact) mass is 263 g/mol. The molecule has 3 heteroatoms. The molecular weight excluding hydrogens is 241 g/mol. The van der Waals surface area contributed by atoms with Gasteiger partial charge in [-0.3, -0.25) is 4.79 Å². The average molecular weight is 263 g/mol. The Labute approximate surface area is 114 Å². The Morgan fingerprint density at radius 1 is 1.42 bits per heavy atom. The molecule has 1 aromatic carbocycles. The van der Waals surface area contributed by atoms with Gasteiger partial charge in [-0.15, -0.1) is 0 Å². The van der Waals surface area contributed by atoms with Gasteiger partial charge in [0.25, 0.3) is 0 Å². The van der Waals surface area contributed by atoms with E-state index in [0.29, 0.717) is 12.5 Å². The Balaban J connectivity index is 1.96. The highest BCUT2D eigenvalue weighted by atomic mass is 19.1. The molecule has 1 aliphatic heterocycles. The second-order valence-electron chi connectivity index (χ2n) is 5.45. The summed E-state index contributed by atoms with van der Waals surface area (Å²) in [4.78, 5) is 14.3. The lowest BCUT2D eigenvalue weighted by molar-refractivity contribution is -0.132. The fourth-order valence-corrected chi connectivity index (χ4v) is 2.88. The first-order valence-electron chi connectivity index (χ1n) is 7.16. The fraction of sp³-hybridized carbons (Fsp3) is 0.562. The van der Waals surface area contributed by atoms with E-state index in [9.17, 15) is 9.18 Å². The molecule has 1 fully saturated rings. The number of likely N-dealkylation sites (tertiary alicyclic amines) is 1. The van der Waals surface area contributed by atoms with Crippen LogP contribution in [0.1, 0.15) is 51.0 Å². The van der Waals surface area contributed by atoms with Crippen LogP contribution in [0.15, 0.2) is 24.3 Å². The molecule has 0 N–H and O–H groups in total. The van der Waals surface area contributed by atoms with Crippen LogP contribution in [-0.4, -0.2) is 23.4 Å². The topological polar surface area (TPSA) is 20.3 Å². The summed E-state index contributed by atoms with van der Waals surface area (Å²) in [7, 11) is 0. The maximum Gasteiger partial charge on any atom is 0.223 e. The number of halogens is 1. The molecule has 0 aliphatic carbocycles. The number of amides is 1. The van der Waals surface area contributed by atoms with Crippen molar-refractivity contribution in [2.75, 3.05) is 6.54 Å². The zero-order chi connectivity index (χ0) is 13.8. The zero-order valence-electron chi connectivity index (χ0n) is 11.7. The maximum atomic E-state index is 12.9. The second-order valence-corrected chi connectivity index (χ2v) is 5.45. The van der Waals surface area contributed by atoms with Gasteiger partial charge in [0.1, 0.15) is 5.82 Å². The Hall–Kier alpha value is -1.38. The van der Waals surface area contributed by atoms with E-state index in [2.05, 4.69) is 6.92 Å². The molecule has 0 radical (unpaired) electrons. The maximum absolute atomic E-state index is 12.9. The molecule has 104 valence electrons. The van der Waals surface area contributed by atoms with E-state index in [1.807, 2.05) is 11.8 Å². The molecule has 1 saturated heterocycles. The van der Waals surface area contributed by atoms with Gasteiger partial charge in [-0.05, 0) is 42.9 Å². The van der Waals surface area contributed by atoms with Gasteiger partial charge < -0.3 is 4.90 Å². The van der Waals surface area contributed by atoms with Crippen molar-refractivity contribution in [3.63, 3.8) is 0 Å². The molecule has 2 unspecified atom stereocenters. The Morgan fingerprint density at radius 3 is 2.74 bits per heavy atom. The van der Waals surface area contributed by atoms with E-state index in [0.717, 1.165) is 31.4 Å². The van der Waals surface area contributed by atoms with Crippen molar-refractivity contribution in [1.29, 1.82) is 0 Å². The van der Waals surface area contributed by atoms with Crippen molar-refractivity contribution < 1.29 is 9.18 Å². The third kappa shape index (κ3) is 3.34. The minimum absolute atomic E-state index is 0.145. The van der Waals surface area contributed by atoms with Crippen LogP contribution in [0.25, 0.3) is 0 Å². The van der Waals surface area contributed by atoms with Gasteiger partial charge in [-0.25, -0.2) is 4.39 Å². The Bertz CT molecular complexity index is 429. The molecule has 19 heavy (non-hydrogen) atoms. The van der Waals surface area contributed by atoms with E-state index in [-0.39, 0.29) is 17.6 Å². The van der Waals surface area contributed by atoms with Gasteiger partial charge >= 0.3 is 0 Å². The van der Waals surface area contributed by atoms with Gasteiger partial charge in [0.05, 0.1) is 0 Å². The Morgan fingerprint density at radius 2 is 2.11 bits per heavy atom. The van der Waals surface area contributed by atoms with Crippen molar-refractivity contribution in [3.05, 3.63) is 35.6 Å². The second kappa shape index (κ2) is 6.18. The van der Waals surface area contributed by atoms with Crippen molar-refractivity contribution in [2.24, 2.45) is 0 Å². The van der Waals surface area contributed by atoms with Gasteiger partial charge in [0, 0.05) is 19.0 Å². The highest BCUT2D eigenvalue weighted by molar-refractivity contribution is 5.77. The third-order valence-corrected chi connectivity index (χ3v) is 4.09. The van der Waals surface area contributed by atoms with E-state index >= 15 is 0 Å². The molecule has 2 nitrogen and oxygen atoms in total. The van der Waals surface area contributed by atoms with Crippen LogP contribution in [-0.2, 0) is 4.79 Å². The first kappa shape index (κ1) is 14.0. The normalized spacial score (nSPS) is 20.6. The van der Waals surface area contributed by atoms with Gasteiger partial charge in [-0.1, -0.05) is 26.0 Å². The molecule has 0 bridgehead atoms. The van der Waals surface area contributed by atoms with Crippen LogP contribution in [0, 0.1) is 5.82 Å². The summed E-state index contributed by atoms with van der Waals surface area (Å²) in [6, 6.07) is 6.89. The number of hydrogen-bond acceptors (Lipinski definition) is 1. The summed E-state index contributed by atoms with van der Waals surface area (Å²) in [5.41, 5.74) is 1.03. The fourth-order valence-electron chi connectivity index (χ4n) is 2.88. The van der Waals surface area contributed by atoms with Crippen LogP contribution < -0.4 is 0 Å². The van der Waals surface area contributed by atoms with Crippen LogP contribution in [0.5, 0.6) is 0 Å². The summed E-state index contributed by atoms with van der Waals surface area (Å²) in [6.07, 6.45) is 3.81. The van der Waals surface area contributed by atoms with Crippen LogP contribution in [0.4, 0.5) is 4.39 Å². The molecule has 0 spiro atoms. The molecule has 1 aliphatic rings. The lowest BCUT2D eigenvalue weighted by Crippen LogP contribution is -2.35. The lowest BCUT2D eigenvalue weighted by Gasteiger charge is -2.25. The van der Waals surface area contributed by atoms with E-state index < -0.39 is 0 Å². The standard InChI is InChI=1S/C16H22FNO/c1-3-15-5-4-10-18(15)16(19)11-12(2)13-6-8-14(17)9-7-13/h6-9,12,15H,3-5,10-11H2,1-2H3. The molecule has 1 amide bonds. The third-order valence-electron chi connectivity index (χ3n) is 4.09. The smallest absolute Gasteiger partial charge is 0.223 e.